The van der Waals surface area contributed by atoms with Gasteiger partial charge in [-0.15, -0.1) is 0 Å². The number of halogens is 1. The molecule has 4 aromatic carbocycles. The first-order valence-corrected chi connectivity index (χ1v) is 18.8. The van der Waals surface area contributed by atoms with Crippen molar-refractivity contribution in [2.45, 2.75) is 82.8 Å². The summed E-state index contributed by atoms with van der Waals surface area (Å²) in [7, 11) is -4.17. The third-order valence-corrected chi connectivity index (χ3v) is 11.5. The number of rotatable bonds is 12. The van der Waals surface area contributed by atoms with E-state index in [1.807, 2.05) is 81.4 Å². The first-order chi connectivity index (χ1) is 23.0. The summed E-state index contributed by atoms with van der Waals surface area (Å²) in [6.07, 6.45) is 5.35. The normalized spacial score (nSPS) is 14.2. The Bertz CT molecular complexity index is 1810. The van der Waals surface area contributed by atoms with Gasteiger partial charge in [0.15, 0.2) is 0 Å². The molecule has 1 saturated carbocycles. The summed E-state index contributed by atoms with van der Waals surface area (Å²) in [6.45, 7) is 5.34. The smallest absolute Gasteiger partial charge is 0.264 e. The molecule has 0 bridgehead atoms. The lowest BCUT2D eigenvalue weighted by Gasteiger charge is -2.35. The monoisotopic (exact) mass is 729 g/mol. The minimum atomic E-state index is -4.17. The third-order valence-electron chi connectivity index (χ3n) is 9.22. The van der Waals surface area contributed by atoms with Crippen molar-refractivity contribution in [3.63, 3.8) is 0 Å². The number of amides is 2. The number of nitrogens with zero attached hydrogens (tertiary/aromatic N) is 2. The van der Waals surface area contributed by atoms with Crippen LogP contribution in [0.25, 0.3) is 0 Å². The molecule has 0 unspecified atom stereocenters. The molecule has 9 heteroatoms. The van der Waals surface area contributed by atoms with E-state index in [2.05, 4.69) is 21.2 Å². The first-order valence-electron chi connectivity index (χ1n) is 16.6. The summed E-state index contributed by atoms with van der Waals surface area (Å²) >= 11 is 3.49. The summed E-state index contributed by atoms with van der Waals surface area (Å²) in [6, 6.07) is 28.6. The van der Waals surface area contributed by atoms with Gasteiger partial charge >= 0.3 is 0 Å². The molecule has 1 aliphatic rings. The van der Waals surface area contributed by atoms with E-state index in [0.717, 1.165) is 64.4 Å². The summed E-state index contributed by atoms with van der Waals surface area (Å²) in [5.74, 6) is -0.690. The number of sulfonamides is 1. The number of nitrogens with one attached hydrogen (secondary N) is 1. The molecule has 252 valence electrons. The first kappa shape index (κ1) is 35.4. The molecule has 5 rings (SSSR count). The molecule has 0 aromatic heterocycles. The highest BCUT2D eigenvalue weighted by Crippen LogP contribution is 2.30. The van der Waals surface area contributed by atoms with Gasteiger partial charge in [-0.25, -0.2) is 8.42 Å². The molecular weight excluding hydrogens is 686 g/mol. The molecule has 1 atom stereocenters. The van der Waals surface area contributed by atoms with Crippen LogP contribution in [0.2, 0.25) is 0 Å². The van der Waals surface area contributed by atoms with Crippen LogP contribution >= 0.6 is 15.9 Å². The van der Waals surface area contributed by atoms with Crippen LogP contribution in [-0.2, 0) is 32.6 Å². The van der Waals surface area contributed by atoms with Gasteiger partial charge in [-0.05, 0) is 86.2 Å². The van der Waals surface area contributed by atoms with E-state index >= 15 is 0 Å². The SMILES string of the molecule is Cc1ccc(S(=O)(=O)N(CC(=O)N(Cc2ccc(Br)cc2)[C@@H](Cc2ccccc2)C(=O)NC2CCCCC2)c2cccc(C)c2C)cc1. The zero-order valence-electron chi connectivity index (χ0n) is 27.9. The van der Waals surface area contributed by atoms with Crippen LogP contribution in [0.5, 0.6) is 0 Å². The van der Waals surface area contributed by atoms with Crippen molar-refractivity contribution in [1.82, 2.24) is 10.2 Å². The molecular formula is C39H44BrN3O4S. The van der Waals surface area contributed by atoms with Gasteiger partial charge < -0.3 is 10.2 Å². The van der Waals surface area contributed by atoms with Crippen LogP contribution in [0, 0.1) is 20.8 Å². The Morgan fingerprint density at radius 2 is 1.48 bits per heavy atom. The number of benzene rings is 4. The number of hydrogen-bond donors (Lipinski definition) is 1. The highest BCUT2D eigenvalue weighted by molar-refractivity contribution is 9.10. The van der Waals surface area contributed by atoms with Crippen LogP contribution in [0.3, 0.4) is 0 Å². The summed E-state index contributed by atoms with van der Waals surface area (Å²) < 4.78 is 30.9. The topological polar surface area (TPSA) is 86.8 Å². The fraction of sp³-hybridized carbons (Fsp3) is 0.333. The van der Waals surface area contributed by atoms with Crippen molar-refractivity contribution in [3.8, 4) is 0 Å². The molecule has 1 aliphatic carbocycles. The zero-order valence-corrected chi connectivity index (χ0v) is 30.3. The third kappa shape index (κ3) is 8.74. The lowest BCUT2D eigenvalue weighted by atomic mass is 9.94. The number of carbonyl (C=O) groups is 2. The molecule has 0 aliphatic heterocycles. The number of hydrogen-bond acceptors (Lipinski definition) is 4. The summed E-state index contributed by atoms with van der Waals surface area (Å²) in [5, 5.41) is 3.26. The van der Waals surface area contributed by atoms with Crippen molar-refractivity contribution in [3.05, 3.63) is 129 Å². The van der Waals surface area contributed by atoms with E-state index in [-0.39, 0.29) is 29.8 Å². The predicted molar refractivity (Wildman–Crippen MR) is 195 cm³/mol. The Hall–Kier alpha value is -3.95. The molecule has 0 spiro atoms. The van der Waals surface area contributed by atoms with Crippen molar-refractivity contribution in [1.29, 1.82) is 0 Å². The maximum absolute atomic E-state index is 14.8. The Balaban J connectivity index is 1.58. The van der Waals surface area contributed by atoms with Gasteiger partial charge in [0.1, 0.15) is 12.6 Å². The van der Waals surface area contributed by atoms with Gasteiger partial charge in [0, 0.05) is 23.5 Å². The standard InChI is InChI=1S/C39H44BrN3O4S/c1-28-17-23-35(24-18-28)48(46,47)43(36-16-10-11-29(2)30(36)3)27-38(44)42(26-32-19-21-33(40)22-20-32)37(25-31-12-6-4-7-13-31)39(45)41-34-14-8-5-9-15-34/h4,6-7,10-13,16-24,34,37H,5,8-9,14-15,25-27H2,1-3H3,(H,41,45)/t37-/m0/s1. The zero-order chi connectivity index (χ0) is 34.3. The maximum atomic E-state index is 14.8. The van der Waals surface area contributed by atoms with E-state index < -0.39 is 28.5 Å². The highest BCUT2D eigenvalue weighted by Gasteiger charge is 2.36. The molecule has 4 aromatic rings. The van der Waals surface area contributed by atoms with Crippen molar-refractivity contribution >= 4 is 43.5 Å². The predicted octanol–water partition coefficient (Wildman–Crippen LogP) is 7.66. The van der Waals surface area contributed by atoms with Crippen molar-refractivity contribution in [2.24, 2.45) is 0 Å². The second kappa shape index (κ2) is 16.0. The molecule has 2 amide bonds. The highest BCUT2D eigenvalue weighted by atomic mass is 79.9. The quantitative estimate of drug-likeness (QED) is 0.162. The van der Waals surface area contributed by atoms with Gasteiger partial charge in [0.2, 0.25) is 11.8 Å². The van der Waals surface area contributed by atoms with Gasteiger partial charge in [0.25, 0.3) is 10.0 Å². The van der Waals surface area contributed by atoms with Gasteiger partial charge in [-0.1, -0.05) is 107 Å². The molecule has 0 radical (unpaired) electrons. The van der Waals surface area contributed by atoms with Crippen LogP contribution in [0.15, 0.2) is 106 Å². The second-order valence-corrected chi connectivity index (χ2v) is 15.5. The van der Waals surface area contributed by atoms with Gasteiger partial charge in [0.05, 0.1) is 10.6 Å². The van der Waals surface area contributed by atoms with Gasteiger partial charge in [-0.3, -0.25) is 13.9 Å². The number of carbonyl (C=O) groups excluding carboxylic acids is 2. The largest absolute Gasteiger partial charge is 0.352 e. The average molecular weight is 731 g/mol. The summed E-state index contributed by atoms with van der Waals surface area (Å²) in [4.78, 5) is 30.7. The number of anilines is 1. The average Bonchev–Trinajstić information content (AvgIpc) is 3.08. The molecule has 0 saturated heterocycles. The van der Waals surface area contributed by atoms with Gasteiger partial charge in [-0.2, -0.15) is 0 Å². The second-order valence-electron chi connectivity index (χ2n) is 12.7. The minimum Gasteiger partial charge on any atom is -0.352 e. The number of aryl methyl sites for hydroxylation is 2. The minimum absolute atomic E-state index is 0.0440. The van der Waals surface area contributed by atoms with E-state index in [4.69, 9.17) is 0 Å². The summed E-state index contributed by atoms with van der Waals surface area (Å²) in [5.41, 5.74) is 4.76. The Morgan fingerprint density at radius 3 is 2.15 bits per heavy atom. The van der Waals surface area contributed by atoms with Crippen LogP contribution in [0.1, 0.15) is 59.9 Å². The molecule has 1 fully saturated rings. The fourth-order valence-corrected chi connectivity index (χ4v) is 7.98. The van der Waals surface area contributed by atoms with E-state index in [9.17, 15) is 18.0 Å². The molecule has 0 heterocycles. The molecule has 1 N–H and O–H groups in total. The van der Waals surface area contributed by atoms with E-state index in [1.165, 1.54) is 4.31 Å². The van der Waals surface area contributed by atoms with Crippen molar-refractivity contribution in [2.75, 3.05) is 10.8 Å². The lowest BCUT2D eigenvalue weighted by molar-refractivity contribution is -0.140. The molecule has 7 nitrogen and oxygen atoms in total. The van der Waals surface area contributed by atoms with E-state index in [0.29, 0.717) is 5.69 Å². The van der Waals surface area contributed by atoms with Crippen LogP contribution in [0.4, 0.5) is 5.69 Å². The lowest BCUT2D eigenvalue weighted by Crippen LogP contribution is -2.55. The Labute approximate surface area is 293 Å². The Kier molecular flexibility index (Phi) is 11.8. The molecule has 48 heavy (non-hydrogen) atoms. The Morgan fingerprint density at radius 1 is 0.812 bits per heavy atom. The van der Waals surface area contributed by atoms with Crippen molar-refractivity contribution < 1.29 is 18.0 Å². The fourth-order valence-electron chi connectivity index (χ4n) is 6.24. The van der Waals surface area contributed by atoms with Crippen LogP contribution < -0.4 is 9.62 Å². The maximum Gasteiger partial charge on any atom is 0.264 e. The van der Waals surface area contributed by atoms with Crippen LogP contribution in [-0.4, -0.2) is 43.8 Å². The van der Waals surface area contributed by atoms with E-state index in [1.54, 1.807) is 41.3 Å².